The Morgan fingerprint density at radius 2 is 2.12 bits per heavy atom. The molecule has 0 saturated carbocycles. The molecular formula is C12H17F2NS. The fourth-order valence-corrected chi connectivity index (χ4v) is 1.93. The first-order valence-corrected chi connectivity index (χ1v) is 6.72. The predicted octanol–water partition coefficient (Wildman–Crippen LogP) is 3.37. The predicted molar refractivity (Wildman–Crippen MR) is 65.8 cm³/mol. The summed E-state index contributed by atoms with van der Waals surface area (Å²) in [6.45, 7) is 2.73. The third-order valence-electron chi connectivity index (χ3n) is 2.40. The minimum absolute atomic E-state index is 0.0811. The Bertz CT molecular complexity index is 331. The minimum atomic E-state index is -0.532. The molecule has 0 spiro atoms. The molecule has 1 rings (SSSR count). The van der Waals surface area contributed by atoms with E-state index in [1.165, 1.54) is 12.1 Å². The van der Waals surface area contributed by atoms with Crippen LogP contribution in [0.4, 0.5) is 8.78 Å². The summed E-state index contributed by atoms with van der Waals surface area (Å²) in [5, 5.41) is 3.22. The molecule has 0 aromatic heterocycles. The van der Waals surface area contributed by atoms with E-state index in [2.05, 4.69) is 11.6 Å². The largest absolute Gasteiger partial charge is 0.310 e. The summed E-state index contributed by atoms with van der Waals surface area (Å²) < 4.78 is 26.1. The molecule has 1 aromatic carbocycles. The highest BCUT2D eigenvalue weighted by atomic mass is 32.2. The van der Waals surface area contributed by atoms with Crippen LogP contribution in [0.1, 0.15) is 24.9 Å². The van der Waals surface area contributed by atoms with Crippen LogP contribution in [0.15, 0.2) is 18.2 Å². The van der Waals surface area contributed by atoms with Gasteiger partial charge in [0.2, 0.25) is 0 Å². The van der Waals surface area contributed by atoms with Gasteiger partial charge in [-0.15, -0.1) is 0 Å². The molecule has 0 aliphatic heterocycles. The molecule has 0 bridgehead atoms. The molecule has 0 aliphatic rings. The number of halogens is 2. The Hall–Kier alpha value is -0.610. The van der Waals surface area contributed by atoms with Crippen molar-refractivity contribution in [3.8, 4) is 0 Å². The second-order valence-electron chi connectivity index (χ2n) is 3.69. The van der Waals surface area contributed by atoms with Crippen LogP contribution in [0, 0.1) is 11.6 Å². The monoisotopic (exact) mass is 245 g/mol. The second-order valence-corrected chi connectivity index (χ2v) is 4.67. The number of thioether (sulfide) groups is 1. The van der Waals surface area contributed by atoms with E-state index in [0.717, 1.165) is 24.8 Å². The summed E-state index contributed by atoms with van der Waals surface area (Å²) in [7, 11) is 0. The maximum absolute atomic E-state index is 13.4. The van der Waals surface area contributed by atoms with E-state index in [-0.39, 0.29) is 6.04 Å². The van der Waals surface area contributed by atoms with Crippen molar-refractivity contribution in [2.45, 2.75) is 19.4 Å². The number of hydrogen-bond acceptors (Lipinski definition) is 2. The zero-order valence-corrected chi connectivity index (χ0v) is 10.4. The highest BCUT2D eigenvalue weighted by Gasteiger charge is 2.10. The quantitative estimate of drug-likeness (QED) is 0.771. The lowest BCUT2D eigenvalue weighted by atomic mass is 10.1. The maximum atomic E-state index is 13.4. The van der Waals surface area contributed by atoms with Gasteiger partial charge in [0.05, 0.1) is 0 Å². The molecule has 0 fully saturated rings. The molecule has 0 aliphatic carbocycles. The van der Waals surface area contributed by atoms with Crippen LogP contribution in [-0.4, -0.2) is 18.6 Å². The van der Waals surface area contributed by atoms with Gasteiger partial charge in [-0.2, -0.15) is 11.8 Å². The second kappa shape index (κ2) is 6.86. The first-order chi connectivity index (χ1) is 7.65. The molecule has 1 atom stereocenters. The zero-order valence-electron chi connectivity index (χ0n) is 9.59. The van der Waals surface area contributed by atoms with E-state index in [1.54, 1.807) is 11.8 Å². The lowest BCUT2D eigenvalue weighted by Crippen LogP contribution is -2.21. The lowest BCUT2D eigenvalue weighted by Gasteiger charge is -2.14. The third kappa shape index (κ3) is 4.10. The summed E-state index contributed by atoms with van der Waals surface area (Å²) in [5.41, 5.74) is 0.519. The van der Waals surface area contributed by atoms with Gasteiger partial charge < -0.3 is 5.32 Å². The van der Waals surface area contributed by atoms with E-state index in [1.807, 2.05) is 6.92 Å². The Labute approximate surface area is 99.6 Å². The van der Waals surface area contributed by atoms with Crippen molar-refractivity contribution in [1.29, 1.82) is 0 Å². The Balaban J connectivity index is 2.49. The molecule has 0 amide bonds. The van der Waals surface area contributed by atoms with Crippen LogP contribution in [0.5, 0.6) is 0 Å². The molecular weight excluding hydrogens is 228 g/mol. The minimum Gasteiger partial charge on any atom is -0.310 e. The summed E-state index contributed by atoms with van der Waals surface area (Å²) in [6.07, 6.45) is 3.11. The fourth-order valence-electron chi connectivity index (χ4n) is 1.50. The van der Waals surface area contributed by atoms with Crippen molar-refractivity contribution >= 4 is 11.8 Å². The number of hydrogen-bond donors (Lipinski definition) is 1. The molecule has 0 heterocycles. The number of benzene rings is 1. The van der Waals surface area contributed by atoms with Gasteiger partial charge in [0.15, 0.2) is 0 Å². The molecule has 4 heteroatoms. The van der Waals surface area contributed by atoms with Gasteiger partial charge in [0, 0.05) is 17.7 Å². The van der Waals surface area contributed by atoms with Crippen molar-refractivity contribution < 1.29 is 8.78 Å². The maximum Gasteiger partial charge on any atom is 0.130 e. The Morgan fingerprint density at radius 3 is 2.75 bits per heavy atom. The van der Waals surface area contributed by atoms with Gasteiger partial charge in [0.25, 0.3) is 0 Å². The number of nitrogens with one attached hydrogen (secondary N) is 1. The van der Waals surface area contributed by atoms with E-state index in [0.29, 0.717) is 5.56 Å². The Kier molecular flexibility index (Phi) is 5.77. The van der Waals surface area contributed by atoms with Gasteiger partial charge >= 0.3 is 0 Å². The lowest BCUT2D eigenvalue weighted by molar-refractivity contribution is 0.518. The average Bonchev–Trinajstić information content (AvgIpc) is 2.24. The number of rotatable bonds is 6. The molecule has 1 N–H and O–H groups in total. The zero-order chi connectivity index (χ0) is 12.0. The Morgan fingerprint density at radius 1 is 1.38 bits per heavy atom. The van der Waals surface area contributed by atoms with Crippen molar-refractivity contribution in [2.24, 2.45) is 0 Å². The van der Waals surface area contributed by atoms with Crippen molar-refractivity contribution in [3.05, 3.63) is 35.4 Å². The van der Waals surface area contributed by atoms with Crippen LogP contribution in [0.25, 0.3) is 0 Å². The highest BCUT2D eigenvalue weighted by Crippen LogP contribution is 2.17. The molecule has 16 heavy (non-hydrogen) atoms. The molecule has 1 aromatic rings. The van der Waals surface area contributed by atoms with Crippen LogP contribution < -0.4 is 5.32 Å². The molecule has 0 saturated heterocycles. The molecule has 1 nitrogen and oxygen atoms in total. The summed E-state index contributed by atoms with van der Waals surface area (Å²) in [5.74, 6) is 0.0757. The van der Waals surface area contributed by atoms with E-state index >= 15 is 0 Å². The smallest absolute Gasteiger partial charge is 0.130 e. The molecule has 0 radical (unpaired) electrons. The van der Waals surface area contributed by atoms with Crippen molar-refractivity contribution in [1.82, 2.24) is 5.32 Å². The standard InChI is InChI=1S/C12H17F2NS/c1-9(15-6-3-7-16-2)11-5-4-10(13)8-12(11)14/h4-5,8-9,15H,3,6-7H2,1-2H3. The van der Waals surface area contributed by atoms with Gasteiger partial charge in [0.1, 0.15) is 11.6 Å². The van der Waals surface area contributed by atoms with Gasteiger partial charge in [-0.1, -0.05) is 6.07 Å². The van der Waals surface area contributed by atoms with Gasteiger partial charge in [-0.05, 0) is 38.0 Å². The average molecular weight is 245 g/mol. The van der Waals surface area contributed by atoms with Gasteiger partial charge in [-0.25, -0.2) is 8.78 Å². The van der Waals surface area contributed by atoms with Gasteiger partial charge in [-0.3, -0.25) is 0 Å². The fraction of sp³-hybridized carbons (Fsp3) is 0.500. The summed E-state index contributed by atoms with van der Waals surface area (Å²) in [6, 6.07) is 3.63. The van der Waals surface area contributed by atoms with Crippen molar-refractivity contribution in [2.75, 3.05) is 18.6 Å². The van der Waals surface area contributed by atoms with Crippen LogP contribution >= 0.6 is 11.8 Å². The van der Waals surface area contributed by atoms with Crippen LogP contribution in [0.3, 0.4) is 0 Å². The third-order valence-corrected chi connectivity index (χ3v) is 3.10. The topological polar surface area (TPSA) is 12.0 Å². The van der Waals surface area contributed by atoms with Crippen LogP contribution in [0.2, 0.25) is 0 Å². The van der Waals surface area contributed by atoms with Crippen molar-refractivity contribution in [3.63, 3.8) is 0 Å². The first-order valence-electron chi connectivity index (χ1n) is 5.32. The summed E-state index contributed by atoms with van der Waals surface area (Å²) in [4.78, 5) is 0. The normalized spacial score (nSPS) is 12.8. The van der Waals surface area contributed by atoms with Crippen LogP contribution in [-0.2, 0) is 0 Å². The first kappa shape index (κ1) is 13.5. The highest BCUT2D eigenvalue weighted by molar-refractivity contribution is 7.98. The SMILES string of the molecule is CSCCCNC(C)c1ccc(F)cc1F. The molecule has 90 valence electrons. The van der Waals surface area contributed by atoms with E-state index < -0.39 is 11.6 Å². The summed E-state index contributed by atoms with van der Waals surface area (Å²) >= 11 is 1.79. The molecule has 1 unspecified atom stereocenters. The van der Waals surface area contributed by atoms with E-state index in [4.69, 9.17) is 0 Å². The van der Waals surface area contributed by atoms with E-state index in [9.17, 15) is 8.78 Å².